The Morgan fingerprint density at radius 3 is 2.00 bits per heavy atom. The molecule has 0 bridgehead atoms. The van der Waals surface area contributed by atoms with Crippen molar-refractivity contribution in [2.45, 2.75) is 13.8 Å². The molecule has 0 saturated heterocycles. The van der Waals surface area contributed by atoms with Crippen LogP contribution in [0.2, 0.25) is 0 Å². The van der Waals surface area contributed by atoms with Gasteiger partial charge in [0.25, 0.3) is 0 Å². The maximum Gasteiger partial charge on any atom is 0.198 e. The Morgan fingerprint density at radius 2 is 1.33 bits per heavy atom. The molecule has 0 atom stereocenters. The standard InChI is InChI=1S/C22H14O5/c1-10-5-16-19(25)9-15(22(27)21(16)20(26)6-10)12-8-14-13(7-11(12)2)17(23)3-4-18(14)24/h3-9,26H,1-2H3. The zero-order chi connectivity index (χ0) is 19.5. The number of hydrogen-bond acceptors (Lipinski definition) is 5. The highest BCUT2D eigenvalue weighted by Crippen LogP contribution is 2.36. The monoisotopic (exact) mass is 358 g/mol. The molecule has 2 aliphatic carbocycles. The van der Waals surface area contributed by atoms with Gasteiger partial charge >= 0.3 is 0 Å². The van der Waals surface area contributed by atoms with E-state index >= 15 is 0 Å². The van der Waals surface area contributed by atoms with Gasteiger partial charge in [-0.05, 0) is 73.0 Å². The summed E-state index contributed by atoms with van der Waals surface area (Å²) < 4.78 is 0. The number of fused-ring (bicyclic) bond motifs is 2. The molecule has 1 N–H and O–H groups in total. The molecule has 0 saturated carbocycles. The minimum Gasteiger partial charge on any atom is -0.507 e. The Labute approximate surface area is 154 Å². The molecule has 27 heavy (non-hydrogen) atoms. The maximum atomic E-state index is 13.0. The molecule has 2 aromatic carbocycles. The summed E-state index contributed by atoms with van der Waals surface area (Å²) in [7, 11) is 0. The Hall–Kier alpha value is -3.60. The van der Waals surface area contributed by atoms with Crippen LogP contribution >= 0.6 is 0 Å². The van der Waals surface area contributed by atoms with Crippen molar-refractivity contribution in [1.29, 1.82) is 0 Å². The summed E-state index contributed by atoms with van der Waals surface area (Å²) in [5.74, 6) is -1.75. The molecular formula is C22H14O5. The molecule has 4 rings (SSSR count). The largest absolute Gasteiger partial charge is 0.507 e. The van der Waals surface area contributed by atoms with Crippen LogP contribution in [-0.4, -0.2) is 28.2 Å². The van der Waals surface area contributed by atoms with Gasteiger partial charge in [0, 0.05) is 22.3 Å². The third kappa shape index (κ3) is 2.47. The van der Waals surface area contributed by atoms with E-state index in [1.54, 1.807) is 26.0 Å². The van der Waals surface area contributed by atoms with Gasteiger partial charge in [0.1, 0.15) is 5.75 Å². The van der Waals surface area contributed by atoms with Gasteiger partial charge in [0.05, 0.1) is 5.56 Å². The molecule has 0 radical (unpaired) electrons. The SMILES string of the molecule is Cc1cc(O)c2c(c1)C(=O)C=C(c1cc3c(cc1C)C(=O)C=CC3=O)C2=O. The number of aromatic hydroxyl groups is 1. The molecular weight excluding hydrogens is 344 g/mol. The number of benzene rings is 2. The van der Waals surface area contributed by atoms with Gasteiger partial charge in [-0.25, -0.2) is 0 Å². The lowest BCUT2D eigenvalue weighted by Gasteiger charge is -2.20. The van der Waals surface area contributed by atoms with Gasteiger partial charge in [-0.1, -0.05) is 0 Å². The highest BCUT2D eigenvalue weighted by molar-refractivity contribution is 6.40. The van der Waals surface area contributed by atoms with Crippen LogP contribution in [0.5, 0.6) is 5.75 Å². The summed E-state index contributed by atoms with van der Waals surface area (Å²) in [5.41, 5.74) is 2.35. The molecule has 2 aliphatic rings. The first kappa shape index (κ1) is 16.8. The summed E-state index contributed by atoms with van der Waals surface area (Å²) in [6, 6.07) is 6.02. The van der Waals surface area contributed by atoms with Crippen molar-refractivity contribution in [1.82, 2.24) is 0 Å². The fourth-order valence-corrected chi connectivity index (χ4v) is 3.55. The van der Waals surface area contributed by atoms with Crippen molar-refractivity contribution in [3.8, 4) is 5.75 Å². The topological polar surface area (TPSA) is 88.5 Å². The second-order valence-electron chi connectivity index (χ2n) is 6.73. The number of ketones is 4. The van der Waals surface area contributed by atoms with E-state index in [1.165, 1.54) is 30.4 Å². The van der Waals surface area contributed by atoms with E-state index in [2.05, 4.69) is 0 Å². The van der Waals surface area contributed by atoms with Gasteiger partial charge in [0.15, 0.2) is 23.1 Å². The van der Waals surface area contributed by atoms with E-state index in [1.807, 2.05) is 0 Å². The van der Waals surface area contributed by atoms with Crippen molar-refractivity contribution in [3.05, 3.63) is 81.4 Å². The van der Waals surface area contributed by atoms with Crippen molar-refractivity contribution >= 4 is 28.7 Å². The summed E-state index contributed by atoms with van der Waals surface area (Å²) in [6.45, 7) is 3.43. The van der Waals surface area contributed by atoms with Gasteiger partial charge in [-0.2, -0.15) is 0 Å². The van der Waals surface area contributed by atoms with E-state index in [0.29, 0.717) is 16.7 Å². The van der Waals surface area contributed by atoms with Crippen LogP contribution in [0.1, 0.15) is 58.1 Å². The first-order valence-electron chi connectivity index (χ1n) is 8.34. The number of hydrogen-bond donors (Lipinski definition) is 1. The number of rotatable bonds is 1. The van der Waals surface area contributed by atoms with Crippen molar-refractivity contribution in [2.24, 2.45) is 0 Å². The first-order valence-corrected chi connectivity index (χ1v) is 8.34. The fraction of sp³-hybridized carbons (Fsp3) is 0.0909. The van der Waals surface area contributed by atoms with Gasteiger partial charge in [0.2, 0.25) is 0 Å². The number of phenols is 1. The minimum absolute atomic E-state index is 0.0393. The predicted octanol–water partition coefficient (Wildman–Crippen LogP) is 3.41. The molecule has 5 heteroatoms. The van der Waals surface area contributed by atoms with Crippen LogP contribution in [0.4, 0.5) is 0 Å². The lowest BCUT2D eigenvalue weighted by Crippen LogP contribution is -2.19. The van der Waals surface area contributed by atoms with Crippen molar-refractivity contribution in [2.75, 3.05) is 0 Å². The number of carbonyl (C=O) groups excluding carboxylic acids is 4. The normalized spacial score (nSPS) is 15.6. The average molecular weight is 358 g/mol. The minimum atomic E-state index is -0.490. The Balaban J connectivity index is 1.92. The third-order valence-corrected chi connectivity index (χ3v) is 4.85. The molecule has 0 fully saturated rings. The van der Waals surface area contributed by atoms with E-state index in [0.717, 1.165) is 0 Å². The van der Waals surface area contributed by atoms with E-state index in [-0.39, 0.29) is 45.1 Å². The molecule has 5 nitrogen and oxygen atoms in total. The molecule has 0 amide bonds. The quantitative estimate of drug-likeness (QED) is 0.844. The lowest BCUT2D eigenvalue weighted by atomic mass is 9.81. The van der Waals surface area contributed by atoms with Gasteiger partial charge in [-0.15, -0.1) is 0 Å². The first-order chi connectivity index (χ1) is 12.8. The van der Waals surface area contributed by atoms with Crippen LogP contribution in [0.3, 0.4) is 0 Å². The Morgan fingerprint density at radius 1 is 0.704 bits per heavy atom. The second-order valence-corrected chi connectivity index (χ2v) is 6.73. The molecule has 132 valence electrons. The number of allylic oxidation sites excluding steroid dienone is 4. The molecule has 0 spiro atoms. The molecule has 0 unspecified atom stereocenters. The van der Waals surface area contributed by atoms with Crippen LogP contribution < -0.4 is 0 Å². The predicted molar refractivity (Wildman–Crippen MR) is 98.5 cm³/mol. The van der Waals surface area contributed by atoms with Crippen LogP contribution in [0.25, 0.3) is 5.57 Å². The van der Waals surface area contributed by atoms with Crippen LogP contribution in [0.15, 0.2) is 42.5 Å². The molecule has 2 aromatic rings. The average Bonchev–Trinajstić information content (AvgIpc) is 2.61. The fourth-order valence-electron chi connectivity index (χ4n) is 3.55. The summed E-state index contributed by atoms with van der Waals surface area (Å²) in [6.07, 6.45) is 3.63. The Kier molecular flexibility index (Phi) is 3.56. The van der Waals surface area contributed by atoms with Gasteiger partial charge < -0.3 is 5.11 Å². The number of phenolic OH excluding ortho intramolecular Hbond substituents is 1. The van der Waals surface area contributed by atoms with Gasteiger partial charge in [-0.3, -0.25) is 19.2 Å². The summed E-state index contributed by atoms with van der Waals surface area (Å²) in [5, 5.41) is 10.2. The lowest BCUT2D eigenvalue weighted by molar-refractivity contribution is 0.0993. The van der Waals surface area contributed by atoms with E-state index < -0.39 is 11.6 Å². The van der Waals surface area contributed by atoms with E-state index in [9.17, 15) is 24.3 Å². The zero-order valence-corrected chi connectivity index (χ0v) is 14.6. The van der Waals surface area contributed by atoms with E-state index in [4.69, 9.17) is 0 Å². The Bertz CT molecular complexity index is 1160. The van der Waals surface area contributed by atoms with Crippen LogP contribution in [0, 0.1) is 13.8 Å². The highest BCUT2D eigenvalue weighted by atomic mass is 16.3. The zero-order valence-electron chi connectivity index (χ0n) is 14.6. The number of carbonyl (C=O) groups is 4. The van der Waals surface area contributed by atoms with Crippen molar-refractivity contribution < 1.29 is 24.3 Å². The second kappa shape index (κ2) is 5.71. The molecule has 0 heterocycles. The maximum absolute atomic E-state index is 13.0. The molecule has 0 aliphatic heterocycles. The highest BCUT2D eigenvalue weighted by Gasteiger charge is 2.31. The van der Waals surface area contributed by atoms with Crippen LogP contribution in [-0.2, 0) is 0 Å². The smallest absolute Gasteiger partial charge is 0.198 e. The summed E-state index contributed by atoms with van der Waals surface area (Å²) in [4.78, 5) is 49.8. The number of Topliss-reactive ketones (excluding diaryl/α,β-unsaturated/α-hetero) is 1. The van der Waals surface area contributed by atoms with Crippen molar-refractivity contribution in [3.63, 3.8) is 0 Å². The summed E-state index contributed by atoms with van der Waals surface area (Å²) >= 11 is 0. The number of aryl methyl sites for hydroxylation is 2. The third-order valence-electron chi connectivity index (χ3n) is 4.85. The molecule has 0 aromatic heterocycles.